The quantitative estimate of drug-likeness (QED) is 0.922. The van der Waals surface area contributed by atoms with Crippen LogP contribution in [0.5, 0.6) is 0 Å². The number of thiophene rings is 1. The average Bonchev–Trinajstić information content (AvgIpc) is 2.88. The van der Waals surface area contributed by atoms with Crippen LogP contribution in [0, 0.1) is 6.92 Å². The summed E-state index contributed by atoms with van der Waals surface area (Å²) in [6.45, 7) is 2.87. The summed E-state index contributed by atoms with van der Waals surface area (Å²) in [6.07, 6.45) is 4.27. The van der Waals surface area contributed by atoms with Gasteiger partial charge in [0.15, 0.2) is 0 Å². The third kappa shape index (κ3) is 2.44. The van der Waals surface area contributed by atoms with Crippen LogP contribution in [0.25, 0.3) is 0 Å². The molecule has 1 aliphatic carbocycles. The molecule has 3 rings (SSSR count). The molecule has 1 aliphatic rings. The van der Waals surface area contributed by atoms with E-state index in [1.165, 1.54) is 22.4 Å². The lowest BCUT2D eigenvalue weighted by molar-refractivity contribution is 0.529. The number of aromatic nitrogens is 1. The predicted molar refractivity (Wildman–Crippen MR) is 76.2 cm³/mol. The molecule has 0 spiro atoms. The van der Waals surface area contributed by atoms with Gasteiger partial charge in [-0.3, -0.25) is 4.98 Å². The van der Waals surface area contributed by atoms with Crippen LogP contribution in [0.1, 0.15) is 34.2 Å². The van der Waals surface area contributed by atoms with E-state index in [1.54, 1.807) is 11.3 Å². The molecule has 94 valence electrons. The fourth-order valence-electron chi connectivity index (χ4n) is 2.39. The summed E-state index contributed by atoms with van der Waals surface area (Å²) in [6, 6.07) is 6.74. The molecule has 1 N–H and O–H groups in total. The molecule has 0 saturated carbocycles. The maximum absolute atomic E-state index is 6.06. The van der Waals surface area contributed by atoms with Gasteiger partial charge in [-0.1, -0.05) is 17.7 Å². The topological polar surface area (TPSA) is 24.9 Å². The van der Waals surface area contributed by atoms with E-state index in [4.69, 9.17) is 11.6 Å². The van der Waals surface area contributed by atoms with E-state index in [-0.39, 0.29) is 0 Å². The molecule has 0 bridgehead atoms. The highest BCUT2D eigenvalue weighted by atomic mass is 35.5. The van der Waals surface area contributed by atoms with Crippen LogP contribution in [-0.4, -0.2) is 4.98 Å². The first-order valence-electron chi connectivity index (χ1n) is 6.15. The lowest BCUT2D eigenvalue weighted by atomic mass is 10.1. The van der Waals surface area contributed by atoms with Gasteiger partial charge in [0.05, 0.1) is 4.34 Å². The van der Waals surface area contributed by atoms with Gasteiger partial charge in [-0.25, -0.2) is 0 Å². The first-order chi connectivity index (χ1) is 8.72. The van der Waals surface area contributed by atoms with Crippen molar-refractivity contribution in [2.24, 2.45) is 0 Å². The standard InChI is InChI=1S/C14H15ClN2S/c1-9-2-3-10(7-16-9)8-17-12-4-5-13-11(12)6-14(15)18-13/h2-3,6-7,12,17H,4-5,8H2,1H3. The molecule has 0 saturated heterocycles. The Balaban J connectivity index is 1.66. The average molecular weight is 279 g/mol. The summed E-state index contributed by atoms with van der Waals surface area (Å²) in [7, 11) is 0. The van der Waals surface area contributed by atoms with Gasteiger partial charge in [0, 0.05) is 29.4 Å². The predicted octanol–water partition coefficient (Wildman–Crippen LogP) is 3.88. The van der Waals surface area contributed by atoms with Gasteiger partial charge < -0.3 is 5.32 Å². The molecule has 0 fully saturated rings. The van der Waals surface area contributed by atoms with Crippen molar-refractivity contribution in [3.05, 3.63) is 50.4 Å². The highest BCUT2D eigenvalue weighted by Crippen LogP contribution is 2.39. The van der Waals surface area contributed by atoms with Crippen LogP contribution >= 0.6 is 22.9 Å². The molecule has 0 amide bonds. The van der Waals surface area contributed by atoms with E-state index >= 15 is 0 Å². The minimum absolute atomic E-state index is 0.449. The van der Waals surface area contributed by atoms with Crippen LogP contribution in [0.2, 0.25) is 4.34 Å². The van der Waals surface area contributed by atoms with E-state index in [0.29, 0.717) is 6.04 Å². The molecule has 2 aromatic rings. The Morgan fingerprint density at radius 2 is 2.39 bits per heavy atom. The minimum Gasteiger partial charge on any atom is -0.306 e. The molecule has 0 aliphatic heterocycles. The smallest absolute Gasteiger partial charge is 0.0934 e. The maximum Gasteiger partial charge on any atom is 0.0934 e. The van der Waals surface area contributed by atoms with Crippen LogP contribution < -0.4 is 5.32 Å². The molecule has 2 heterocycles. The molecule has 18 heavy (non-hydrogen) atoms. The lowest BCUT2D eigenvalue weighted by Gasteiger charge is -2.12. The number of nitrogens with one attached hydrogen (secondary N) is 1. The Morgan fingerprint density at radius 1 is 1.50 bits per heavy atom. The molecule has 2 nitrogen and oxygen atoms in total. The Hall–Kier alpha value is -0.900. The molecule has 4 heteroatoms. The van der Waals surface area contributed by atoms with Crippen LogP contribution in [0.4, 0.5) is 0 Å². The minimum atomic E-state index is 0.449. The Kier molecular flexibility index (Phi) is 3.37. The van der Waals surface area contributed by atoms with Crippen molar-refractivity contribution in [2.45, 2.75) is 32.4 Å². The summed E-state index contributed by atoms with van der Waals surface area (Å²) in [5.41, 5.74) is 3.69. The lowest BCUT2D eigenvalue weighted by Crippen LogP contribution is -2.18. The number of rotatable bonds is 3. The van der Waals surface area contributed by atoms with Crippen molar-refractivity contribution < 1.29 is 0 Å². The highest BCUT2D eigenvalue weighted by Gasteiger charge is 2.24. The Morgan fingerprint density at radius 3 is 3.17 bits per heavy atom. The third-order valence-corrected chi connectivity index (χ3v) is 4.71. The fraction of sp³-hybridized carbons (Fsp3) is 0.357. The maximum atomic E-state index is 6.06. The number of aryl methyl sites for hydroxylation is 2. The van der Waals surface area contributed by atoms with Gasteiger partial charge in [-0.05, 0) is 43.0 Å². The molecule has 0 aromatic carbocycles. The summed E-state index contributed by atoms with van der Waals surface area (Å²) in [5, 5.41) is 3.59. The van der Waals surface area contributed by atoms with E-state index in [1.807, 2.05) is 13.1 Å². The van der Waals surface area contributed by atoms with Crippen molar-refractivity contribution in [2.75, 3.05) is 0 Å². The van der Waals surface area contributed by atoms with Crippen LogP contribution in [0.15, 0.2) is 24.4 Å². The van der Waals surface area contributed by atoms with E-state index in [0.717, 1.165) is 23.0 Å². The van der Waals surface area contributed by atoms with Crippen LogP contribution in [0.3, 0.4) is 0 Å². The fourth-order valence-corrected chi connectivity index (χ4v) is 3.74. The molecular weight excluding hydrogens is 264 g/mol. The summed E-state index contributed by atoms with van der Waals surface area (Å²) >= 11 is 7.78. The van der Waals surface area contributed by atoms with Crippen molar-refractivity contribution >= 4 is 22.9 Å². The molecular formula is C14H15ClN2S. The van der Waals surface area contributed by atoms with Gasteiger partial charge in [0.1, 0.15) is 0 Å². The van der Waals surface area contributed by atoms with Gasteiger partial charge in [-0.15, -0.1) is 11.3 Å². The second-order valence-electron chi connectivity index (χ2n) is 4.71. The van der Waals surface area contributed by atoms with Gasteiger partial charge in [0.2, 0.25) is 0 Å². The number of halogens is 1. The zero-order chi connectivity index (χ0) is 12.5. The summed E-state index contributed by atoms with van der Waals surface area (Å²) in [5.74, 6) is 0. The molecule has 1 unspecified atom stereocenters. The summed E-state index contributed by atoms with van der Waals surface area (Å²) < 4.78 is 0.906. The van der Waals surface area contributed by atoms with E-state index < -0.39 is 0 Å². The van der Waals surface area contributed by atoms with Crippen LogP contribution in [-0.2, 0) is 13.0 Å². The zero-order valence-corrected chi connectivity index (χ0v) is 11.8. The van der Waals surface area contributed by atoms with Crippen molar-refractivity contribution in [1.82, 2.24) is 10.3 Å². The second kappa shape index (κ2) is 5.00. The second-order valence-corrected chi connectivity index (χ2v) is 6.48. The third-order valence-electron chi connectivity index (χ3n) is 3.37. The largest absolute Gasteiger partial charge is 0.306 e. The SMILES string of the molecule is Cc1ccc(CNC2CCc3sc(Cl)cc32)cn1. The number of hydrogen-bond acceptors (Lipinski definition) is 3. The Labute approximate surface area is 116 Å². The van der Waals surface area contributed by atoms with Gasteiger partial charge in [-0.2, -0.15) is 0 Å². The highest BCUT2D eigenvalue weighted by molar-refractivity contribution is 7.16. The zero-order valence-electron chi connectivity index (χ0n) is 10.2. The molecule has 0 radical (unpaired) electrons. The number of hydrogen-bond donors (Lipinski definition) is 1. The molecule has 2 aromatic heterocycles. The monoisotopic (exact) mass is 278 g/mol. The normalized spacial score (nSPS) is 18.0. The first kappa shape index (κ1) is 12.2. The number of pyridine rings is 1. The van der Waals surface area contributed by atoms with Gasteiger partial charge in [0.25, 0.3) is 0 Å². The number of nitrogens with zero attached hydrogens (tertiary/aromatic N) is 1. The number of fused-ring (bicyclic) bond motifs is 1. The van der Waals surface area contributed by atoms with Gasteiger partial charge >= 0.3 is 0 Å². The van der Waals surface area contributed by atoms with E-state index in [9.17, 15) is 0 Å². The first-order valence-corrected chi connectivity index (χ1v) is 7.35. The van der Waals surface area contributed by atoms with Crippen molar-refractivity contribution in [1.29, 1.82) is 0 Å². The van der Waals surface area contributed by atoms with Crippen molar-refractivity contribution in [3.8, 4) is 0 Å². The molecule has 1 atom stereocenters. The summed E-state index contributed by atoms with van der Waals surface area (Å²) in [4.78, 5) is 5.76. The van der Waals surface area contributed by atoms with E-state index in [2.05, 4.69) is 28.5 Å². The Bertz CT molecular complexity index is 547. The van der Waals surface area contributed by atoms with Crippen molar-refractivity contribution in [3.63, 3.8) is 0 Å².